The SMILES string of the molecule is COc1ccc(B(O)O)c(COCCOC(C)C)c1. The van der Waals surface area contributed by atoms with Crippen LogP contribution in [0.15, 0.2) is 18.2 Å². The highest BCUT2D eigenvalue weighted by Crippen LogP contribution is 2.12. The highest BCUT2D eigenvalue weighted by Gasteiger charge is 2.16. The summed E-state index contributed by atoms with van der Waals surface area (Å²) in [4.78, 5) is 0. The van der Waals surface area contributed by atoms with Crippen molar-refractivity contribution in [2.24, 2.45) is 0 Å². The summed E-state index contributed by atoms with van der Waals surface area (Å²) in [5.41, 5.74) is 1.12. The predicted octanol–water partition coefficient (Wildman–Crippen LogP) is 0.317. The third-order valence-corrected chi connectivity index (χ3v) is 2.56. The first kappa shape index (κ1) is 16.0. The van der Waals surface area contributed by atoms with Crippen LogP contribution in [0.25, 0.3) is 0 Å². The molecule has 0 amide bonds. The Hall–Kier alpha value is -1.08. The lowest BCUT2D eigenvalue weighted by Gasteiger charge is -2.12. The Labute approximate surface area is 114 Å². The lowest BCUT2D eigenvalue weighted by Crippen LogP contribution is -2.33. The Morgan fingerprint density at radius 2 is 1.95 bits per heavy atom. The van der Waals surface area contributed by atoms with E-state index in [0.29, 0.717) is 30.0 Å². The van der Waals surface area contributed by atoms with E-state index in [2.05, 4.69) is 0 Å². The topological polar surface area (TPSA) is 68.2 Å². The van der Waals surface area contributed by atoms with Crippen LogP contribution in [0.4, 0.5) is 0 Å². The summed E-state index contributed by atoms with van der Waals surface area (Å²) in [6.07, 6.45) is 0.176. The van der Waals surface area contributed by atoms with Crippen LogP contribution in [0.5, 0.6) is 5.75 Å². The molecule has 1 rings (SSSR count). The van der Waals surface area contributed by atoms with Crippen molar-refractivity contribution in [1.82, 2.24) is 0 Å². The third-order valence-electron chi connectivity index (χ3n) is 2.56. The molecule has 106 valence electrons. The lowest BCUT2D eigenvalue weighted by molar-refractivity contribution is 0.0144. The zero-order chi connectivity index (χ0) is 14.3. The second kappa shape index (κ2) is 8.17. The van der Waals surface area contributed by atoms with Gasteiger partial charge in [-0.1, -0.05) is 6.07 Å². The summed E-state index contributed by atoms with van der Waals surface area (Å²) in [6, 6.07) is 5.03. The van der Waals surface area contributed by atoms with Gasteiger partial charge in [0.2, 0.25) is 0 Å². The van der Waals surface area contributed by atoms with Gasteiger partial charge in [-0.3, -0.25) is 0 Å². The number of rotatable bonds is 8. The maximum atomic E-state index is 9.28. The Kier molecular flexibility index (Phi) is 6.87. The van der Waals surface area contributed by atoms with E-state index in [1.54, 1.807) is 25.3 Å². The molecule has 0 fully saturated rings. The Morgan fingerprint density at radius 3 is 2.53 bits per heavy atom. The number of methoxy groups -OCH3 is 1. The van der Waals surface area contributed by atoms with Crippen molar-refractivity contribution in [3.05, 3.63) is 23.8 Å². The largest absolute Gasteiger partial charge is 0.497 e. The lowest BCUT2D eigenvalue weighted by atomic mass is 9.77. The number of hydrogen-bond acceptors (Lipinski definition) is 5. The van der Waals surface area contributed by atoms with Gasteiger partial charge < -0.3 is 24.3 Å². The first-order chi connectivity index (χ1) is 9.04. The van der Waals surface area contributed by atoms with Gasteiger partial charge in [0, 0.05) is 0 Å². The molecule has 1 aromatic rings. The van der Waals surface area contributed by atoms with E-state index in [1.165, 1.54) is 0 Å². The maximum absolute atomic E-state index is 9.28. The molecule has 0 radical (unpaired) electrons. The van der Waals surface area contributed by atoms with Gasteiger partial charge in [0.25, 0.3) is 0 Å². The fourth-order valence-corrected chi connectivity index (χ4v) is 1.61. The van der Waals surface area contributed by atoms with E-state index in [4.69, 9.17) is 14.2 Å². The molecule has 6 heteroatoms. The van der Waals surface area contributed by atoms with Crippen molar-refractivity contribution < 1.29 is 24.3 Å². The van der Waals surface area contributed by atoms with Crippen LogP contribution in [0, 0.1) is 0 Å². The Morgan fingerprint density at radius 1 is 1.21 bits per heavy atom. The van der Waals surface area contributed by atoms with Crippen molar-refractivity contribution in [2.75, 3.05) is 20.3 Å². The molecule has 0 heterocycles. The van der Waals surface area contributed by atoms with Crippen molar-refractivity contribution >= 4 is 12.6 Å². The molecule has 19 heavy (non-hydrogen) atoms. The average molecular weight is 268 g/mol. The van der Waals surface area contributed by atoms with Crippen molar-refractivity contribution in [3.63, 3.8) is 0 Å². The molecule has 0 saturated heterocycles. The van der Waals surface area contributed by atoms with Gasteiger partial charge in [-0.2, -0.15) is 0 Å². The molecule has 1 aromatic carbocycles. The van der Waals surface area contributed by atoms with Crippen LogP contribution < -0.4 is 10.2 Å². The molecule has 0 aliphatic rings. The summed E-state index contributed by atoms with van der Waals surface area (Å²) in [6.45, 7) is 5.17. The Balaban J connectivity index is 2.55. The second-order valence-corrected chi connectivity index (χ2v) is 4.41. The van der Waals surface area contributed by atoms with Crippen LogP contribution in [-0.2, 0) is 16.1 Å². The second-order valence-electron chi connectivity index (χ2n) is 4.41. The highest BCUT2D eigenvalue weighted by atomic mass is 16.5. The summed E-state index contributed by atoms with van der Waals surface area (Å²) in [5, 5.41) is 18.6. The van der Waals surface area contributed by atoms with Gasteiger partial charge in [0.1, 0.15) is 5.75 Å². The van der Waals surface area contributed by atoms with E-state index in [9.17, 15) is 10.0 Å². The summed E-state index contributed by atoms with van der Waals surface area (Å²) < 4.78 is 15.9. The molecule has 5 nitrogen and oxygen atoms in total. The van der Waals surface area contributed by atoms with Gasteiger partial charge in [0.05, 0.1) is 33.0 Å². The van der Waals surface area contributed by atoms with Crippen LogP contribution in [0.3, 0.4) is 0 Å². The van der Waals surface area contributed by atoms with Gasteiger partial charge in [0.15, 0.2) is 0 Å². The molecule has 0 aliphatic carbocycles. The highest BCUT2D eigenvalue weighted by molar-refractivity contribution is 6.59. The standard InChI is InChI=1S/C13H21BO5/c1-10(2)19-7-6-18-9-11-8-12(17-3)4-5-13(11)14(15)16/h4-5,8,10,15-16H,6-7,9H2,1-3H3. The minimum Gasteiger partial charge on any atom is -0.497 e. The molecule has 0 bridgehead atoms. The van der Waals surface area contributed by atoms with Gasteiger partial charge in [-0.25, -0.2) is 0 Å². The van der Waals surface area contributed by atoms with E-state index in [-0.39, 0.29) is 12.7 Å². The van der Waals surface area contributed by atoms with Gasteiger partial charge >= 0.3 is 7.12 Å². The van der Waals surface area contributed by atoms with E-state index in [0.717, 1.165) is 0 Å². The van der Waals surface area contributed by atoms with Gasteiger partial charge in [-0.05, 0) is 37.0 Å². The Bertz CT molecular complexity index is 381. The molecular formula is C13H21BO5. The first-order valence-corrected chi connectivity index (χ1v) is 6.27. The average Bonchev–Trinajstić information content (AvgIpc) is 2.37. The van der Waals surface area contributed by atoms with Crippen LogP contribution >= 0.6 is 0 Å². The monoisotopic (exact) mass is 268 g/mol. The van der Waals surface area contributed by atoms with Crippen molar-refractivity contribution in [1.29, 1.82) is 0 Å². The molecule has 0 aliphatic heterocycles. The minimum atomic E-state index is -1.52. The zero-order valence-electron chi connectivity index (χ0n) is 11.6. The third kappa shape index (κ3) is 5.61. The molecule has 0 saturated carbocycles. The maximum Gasteiger partial charge on any atom is 0.488 e. The molecule has 0 atom stereocenters. The summed E-state index contributed by atoms with van der Waals surface area (Å²) >= 11 is 0. The van der Waals surface area contributed by atoms with Crippen LogP contribution in [0.1, 0.15) is 19.4 Å². The molecule has 0 aromatic heterocycles. The number of ether oxygens (including phenoxy) is 3. The number of benzene rings is 1. The molecule has 2 N–H and O–H groups in total. The van der Waals surface area contributed by atoms with E-state index in [1.807, 2.05) is 13.8 Å². The van der Waals surface area contributed by atoms with E-state index < -0.39 is 7.12 Å². The van der Waals surface area contributed by atoms with Crippen molar-refractivity contribution in [2.45, 2.75) is 26.6 Å². The fraction of sp³-hybridized carbons (Fsp3) is 0.538. The molecular weight excluding hydrogens is 247 g/mol. The quantitative estimate of drug-likeness (QED) is 0.525. The summed E-state index contributed by atoms with van der Waals surface area (Å²) in [5.74, 6) is 0.654. The minimum absolute atomic E-state index is 0.176. The first-order valence-electron chi connectivity index (χ1n) is 6.27. The predicted molar refractivity (Wildman–Crippen MR) is 73.6 cm³/mol. The smallest absolute Gasteiger partial charge is 0.488 e. The number of hydrogen-bond donors (Lipinski definition) is 2. The van der Waals surface area contributed by atoms with Crippen LogP contribution in [-0.4, -0.2) is 43.6 Å². The molecule has 0 spiro atoms. The molecule has 0 unspecified atom stereocenters. The van der Waals surface area contributed by atoms with Gasteiger partial charge in [-0.15, -0.1) is 0 Å². The van der Waals surface area contributed by atoms with Crippen molar-refractivity contribution in [3.8, 4) is 5.75 Å². The fourth-order valence-electron chi connectivity index (χ4n) is 1.61. The normalized spacial score (nSPS) is 10.8. The van der Waals surface area contributed by atoms with Crippen LogP contribution in [0.2, 0.25) is 0 Å². The van der Waals surface area contributed by atoms with E-state index >= 15 is 0 Å². The zero-order valence-corrected chi connectivity index (χ0v) is 11.6. The summed E-state index contributed by atoms with van der Waals surface area (Å²) in [7, 11) is 0.0438.